The number of carbonyl (C=O) groups is 1. The highest BCUT2D eigenvalue weighted by molar-refractivity contribution is 7.92. The van der Waals surface area contributed by atoms with Gasteiger partial charge in [-0.2, -0.15) is 5.26 Å². The van der Waals surface area contributed by atoms with Crippen molar-refractivity contribution in [1.29, 1.82) is 5.26 Å². The first-order valence-electron chi connectivity index (χ1n) is 7.70. The Kier molecular flexibility index (Phi) is 5.78. The average Bonchev–Trinajstić information content (AvgIpc) is 2.59. The summed E-state index contributed by atoms with van der Waals surface area (Å²) in [6.45, 7) is 1.63. The van der Waals surface area contributed by atoms with Crippen LogP contribution in [0.15, 0.2) is 48.5 Å². The van der Waals surface area contributed by atoms with Crippen LogP contribution in [0.5, 0.6) is 0 Å². The van der Waals surface area contributed by atoms with Gasteiger partial charge in [0, 0.05) is 5.69 Å². The van der Waals surface area contributed by atoms with Crippen LogP contribution in [0.3, 0.4) is 0 Å². The summed E-state index contributed by atoms with van der Waals surface area (Å²) in [5.74, 6) is -0.435. The Morgan fingerprint density at radius 1 is 1.16 bits per heavy atom. The molecule has 25 heavy (non-hydrogen) atoms. The summed E-state index contributed by atoms with van der Waals surface area (Å²) in [5.41, 5.74) is 2.39. The number of anilines is 2. The molecule has 0 saturated heterocycles. The van der Waals surface area contributed by atoms with Crippen LogP contribution in [0, 0.1) is 11.3 Å². The SMILES string of the molecule is CCc1ccccc1NC(=O)CN(c1ccc(C#N)cc1)S(C)(=O)=O. The lowest BCUT2D eigenvalue weighted by atomic mass is 10.1. The Hall–Kier alpha value is -2.85. The summed E-state index contributed by atoms with van der Waals surface area (Å²) in [5, 5.41) is 11.6. The topological polar surface area (TPSA) is 90.3 Å². The molecule has 0 atom stereocenters. The van der Waals surface area contributed by atoms with E-state index in [1.165, 1.54) is 24.3 Å². The van der Waals surface area contributed by atoms with Gasteiger partial charge in [0.1, 0.15) is 6.54 Å². The molecule has 7 heteroatoms. The molecule has 0 saturated carbocycles. The molecule has 0 unspecified atom stereocenters. The standard InChI is InChI=1S/C18H19N3O3S/c1-3-15-6-4-5-7-17(15)20-18(22)13-21(25(2,23)24)16-10-8-14(12-19)9-11-16/h4-11H,3,13H2,1-2H3,(H,20,22). The number of hydrogen-bond acceptors (Lipinski definition) is 4. The van der Waals surface area contributed by atoms with Gasteiger partial charge in [-0.25, -0.2) is 8.42 Å². The first-order valence-corrected chi connectivity index (χ1v) is 9.55. The van der Waals surface area contributed by atoms with Crippen molar-refractivity contribution in [3.8, 4) is 6.07 Å². The Labute approximate surface area is 147 Å². The number of sulfonamides is 1. The molecular formula is C18H19N3O3S. The van der Waals surface area contributed by atoms with Gasteiger partial charge in [0.2, 0.25) is 15.9 Å². The van der Waals surface area contributed by atoms with Gasteiger partial charge in [-0.3, -0.25) is 9.10 Å². The molecule has 0 aromatic heterocycles. The molecule has 2 aromatic carbocycles. The van der Waals surface area contributed by atoms with Crippen LogP contribution in [-0.4, -0.2) is 27.1 Å². The Morgan fingerprint density at radius 2 is 1.80 bits per heavy atom. The van der Waals surface area contributed by atoms with Crippen molar-refractivity contribution in [3.63, 3.8) is 0 Å². The maximum absolute atomic E-state index is 12.4. The van der Waals surface area contributed by atoms with Crippen molar-refractivity contribution in [2.45, 2.75) is 13.3 Å². The quantitative estimate of drug-likeness (QED) is 0.860. The molecule has 0 radical (unpaired) electrons. The number of hydrogen-bond donors (Lipinski definition) is 1. The fraction of sp³-hybridized carbons (Fsp3) is 0.222. The summed E-state index contributed by atoms with van der Waals surface area (Å²) in [6.07, 6.45) is 1.79. The molecule has 0 aliphatic heterocycles. The summed E-state index contributed by atoms with van der Waals surface area (Å²) in [4.78, 5) is 12.4. The van der Waals surface area contributed by atoms with E-state index in [1.54, 1.807) is 6.07 Å². The van der Waals surface area contributed by atoms with Crippen molar-refractivity contribution in [1.82, 2.24) is 0 Å². The second-order valence-electron chi connectivity index (χ2n) is 5.49. The predicted octanol–water partition coefficient (Wildman–Crippen LogP) is 2.53. The molecule has 130 valence electrons. The van der Waals surface area contributed by atoms with Crippen molar-refractivity contribution in [3.05, 3.63) is 59.7 Å². The summed E-state index contributed by atoms with van der Waals surface area (Å²) in [6, 6.07) is 15.4. The Balaban J connectivity index is 2.22. The zero-order chi connectivity index (χ0) is 18.4. The van der Waals surface area contributed by atoms with E-state index >= 15 is 0 Å². The van der Waals surface area contributed by atoms with Crippen LogP contribution in [0.1, 0.15) is 18.1 Å². The second kappa shape index (κ2) is 7.81. The summed E-state index contributed by atoms with van der Waals surface area (Å²) in [7, 11) is -3.65. The van der Waals surface area contributed by atoms with Gasteiger partial charge in [-0.1, -0.05) is 25.1 Å². The lowest BCUT2D eigenvalue weighted by Crippen LogP contribution is -2.37. The molecule has 0 spiro atoms. The van der Waals surface area contributed by atoms with Crippen molar-refractivity contribution in [2.24, 2.45) is 0 Å². The van der Waals surface area contributed by atoms with E-state index in [-0.39, 0.29) is 6.54 Å². The van der Waals surface area contributed by atoms with Crippen molar-refractivity contribution >= 4 is 27.3 Å². The molecule has 1 N–H and O–H groups in total. The molecule has 1 amide bonds. The molecule has 0 aliphatic carbocycles. The van der Waals surface area contributed by atoms with E-state index < -0.39 is 15.9 Å². The van der Waals surface area contributed by atoms with Gasteiger partial charge in [-0.05, 0) is 42.3 Å². The first-order chi connectivity index (χ1) is 11.8. The van der Waals surface area contributed by atoms with E-state index in [9.17, 15) is 13.2 Å². The number of nitrogens with zero attached hydrogens (tertiary/aromatic N) is 2. The Bertz CT molecular complexity index is 900. The normalized spacial score (nSPS) is 10.8. The fourth-order valence-corrected chi connectivity index (χ4v) is 3.23. The van der Waals surface area contributed by atoms with Crippen LogP contribution in [0.2, 0.25) is 0 Å². The zero-order valence-corrected chi connectivity index (χ0v) is 14.9. The number of aryl methyl sites for hydroxylation is 1. The van der Waals surface area contributed by atoms with E-state index in [1.807, 2.05) is 31.2 Å². The van der Waals surface area contributed by atoms with Gasteiger partial charge < -0.3 is 5.32 Å². The molecule has 0 heterocycles. The molecule has 6 nitrogen and oxygen atoms in total. The lowest BCUT2D eigenvalue weighted by molar-refractivity contribution is -0.114. The third kappa shape index (κ3) is 4.81. The fourth-order valence-electron chi connectivity index (χ4n) is 2.37. The minimum atomic E-state index is -3.65. The largest absolute Gasteiger partial charge is 0.324 e. The number of amides is 1. The molecule has 0 aliphatic rings. The number of carbonyl (C=O) groups excluding carboxylic acids is 1. The summed E-state index contributed by atoms with van der Waals surface area (Å²) < 4.78 is 25.2. The molecule has 0 bridgehead atoms. The smallest absolute Gasteiger partial charge is 0.245 e. The highest BCUT2D eigenvalue weighted by Gasteiger charge is 2.21. The monoisotopic (exact) mass is 357 g/mol. The maximum Gasteiger partial charge on any atom is 0.245 e. The highest BCUT2D eigenvalue weighted by atomic mass is 32.2. The van der Waals surface area contributed by atoms with Gasteiger partial charge in [0.05, 0.1) is 23.6 Å². The van der Waals surface area contributed by atoms with Gasteiger partial charge in [-0.15, -0.1) is 0 Å². The maximum atomic E-state index is 12.4. The lowest BCUT2D eigenvalue weighted by Gasteiger charge is -2.22. The third-order valence-corrected chi connectivity index (χ3v) is 4.78. The Morgan fingerprint density at radius 3 is 2.36 bits per heavy atom. The van der Waals surface area contributed by atoms with Crippen molar-refractivity contribution in [2.75, 3.05) is 22.4 Å². The highest BCUT2D eigenvalue weighted by Crippen LogP contribution is 2.19. The minimum absolute atomic E-state index is 0.334. The number of benzene rings is 2. The average molecular weight is 357 g/mol. The van der Waals surface area contributed by atoms with Crippen LogP contribution in [-0.2, 0) is 21.2 Å². The number of nitriles is 1. The molecular weight excluding hydrogens is 338 g/mol. The molecule has 2 rings (SSSR count). The van der Waals surface area contributed by atoms with E-state index in [0.29, 0.717) is 16.9 Å². The molecule has 0 fully saturated rings. The van der Waals surface area contributed by atoms with Gasteiger partial charge >= 0.3 is 0 Å². The van der Waals surface area contributed by atoms with Crippen LogP contribution in [0.4, 0.5) is 11.4 Å². The van der Waals surface area contributed by atoms with Gasteiger partial charge in [0.15, 0.2) is 0 Å². The summed E-state index contributed by atoms with van der Waals surface area (Å²) >= 11 is 0. The second-order valence-corrected chi connectivity index (χ2v) is 7.39. The number of para-hydroxylation sites is 1. The van der Waals surface area contributed by atoms with E-state index in [4.69, 9.17) is 5.26 Å². The van der Waals surface area contributed by atoms with E-state index in [0.717, 1.165) is 22.5 Å². The van der Waals surface area contributed by atoms with Gasteiger partial charge in [0.25, 0.3) is 0 Å². The van der Waals surface area contributed by atoms with Crippen molar-refractivity contribution < 1.29 is 13.2 Å². The minimum Gasteiger partial charge on any atom is -0.324 e. The third-order valence-electron chi connectivity index (χ3n) is 3.64. The van der Waals surface area contributed by atoms with Crippen LogP contribution >= 0.6 is 0 Å². The zero-order valence-electron chi connectivity index (χ0n) is 14.1. The number of rotatable bonds is 6. The van der Waals surface area contributed by atoms with E-state index in [2.05, 4.69) is 5.32 Å². The molecule has 2 aromatic rings. The van der Waals surface area contributed by atoms with Crippen LogP contribution in [0.25, 0.3) is 0 Å². The predicted molar refractivity (Wildman–Crippen MR) is 97.8 cm³/mol. The first kappa shape index (κ1) is 18.5. The number of nitrogens with one attached hydrogen (secondary N) is 1. The van der Waals surface area contributed by atoms with Crippen LogP contribution < -0.4 is 9.62 Å².